The van der Waals surface area contributed by atoms with Crippen LogP contribution in [-0.2, 0) is 36.8 Å². The first-order valence-electron chi connectivity index (χ1n) is 18.9. The Morgan fingerprint density at radius 3 is 2.27 bits per heavy atom. The van der Waals surface area contributed by atoms with Gasteiger partial charge in [0.1, 0.15) is 11.4 Å². The van der Waals surface area contributed by atoms with E-state index in [1.54, 1.807) is 0 Å². The molecule has 13 heteroatoms. The number of hydrogen-bond donors (Lipinski definition) is 2. The molecular weight excluding hydrogens is 727 g/mol. The molecule has 4 aromatic carbocycles. The maximum absolute atomic E-state index is 13.2. The number of benzene rings is 4. The summed E-state index contributed by atoms with van der Waals surface area (Å²) in [5.74, 6) is -0.0942. The number of carboxylic acid groups (broad SMARTS) is 1. The fraction of sp³-hybridized carbons (Fsp3) is 0.349. The fourth-order valence-electron chi connectivity index (χ4n) is 8.48. The average molecular weight is 778 g/mol. The number of rotatable bonds is 10. The lowest BCUT2D eigenvalue weighted by Crippen LogP contribution is -2.51. The van der Waals surface area contributed by atoms with Gasteiger partial charge in [0, 0.05) is 86.6 Å². The van der Waals surface area contributed by atoms with Gasteiger partial charge in [-0.05, 0) is 67.5 Å². The molecule has 2 aliphatic rings. The normalized spacial score (nSPS) is 15.1. The number of ether oxygens (including phenoxy) is 1. The molecular formula is C43H51N7O5S. The van der Waals surface area contributed by atoms with Gasteiger partial charge in [-0.1, -0.05) is 62.0 Å². The second-order valence-corrected chi connectivity index (χ2v) is 16.2. The van der Waals surface area contributed by atoms with Gasteiger partial charge in [0.2, 0.25) is 0 Å². The van der Waals surface area contributed by atoms with E-state index in [1.807, 2.05) is 53.6 Å². The highest BCUT2D eigenvalue weighted by Gasteiger charge is 2.29. The standard InChI is InChI=1S/C42H47N7O5S.CH4/c1-29-39-36-14-7-13-34-35(15-8-27-54-38-16-6-11-30-10-4-5-12-33(30)38)41(42(50)51)49(40(34)36)22-9-21-47(28-37(39)45(3)44-29)32-19-17-31(18-20-32)46-23-25-48(26-24-46)55(52,53)43-2;/h4-7,10-14,16-20,43H,8-9,15,21-28H2,1-3H3,(H,50,51);1H4. The molecule has 2 aliphatic heterocycles. The van der Waals surface area contributed by atoms with Crippen LogP contribution in [0.1, 0.15) is 47.7 Å². The van der Waals surface area contributed by atoms with Gasteiger partial charge < -0.3 is 24.2 Å². The third kappa shape index (κ3) is 7.22. The maximum atomic E-state index is 13.2. The topological polar surface area (TPSA) is 125 Å². The summed E-state index contributed by atoms with van der Waals surface area (Å²) in [5, 5.41) is 18.8. The summed E-state index contributed by atoms with van der Waals surface area (Å²) in [6.45, 7) is 6.44. The van der Waals surface area contributed by atoms with Crippen molar-refractivity contribution in [3.63, 3.8) is 0 Å². The molecule has 2 aromatic heterocycles. The molecule has 1 fully saturated rings. The van der Waals surface area contributed by atoms with E-state index < -0.39 is 16.2 Å². The van der Waals surface area contributed by atoms with Crippen LogP contribution in [0, 0.1) is 6.92 Å². The summed E-state index contributed by atoms with van der Waals surface area (Å²) >= 11 is 0. The van der Waals surface area contributed by atoms with Crippen LogP contribution in [0.3, 0.4) is 0 Å². The number of fused-ring (bicyclic) bond motifs is 3. The third-order valence-electron chi connectivity index (χ3n) is 11.1. The summed E-state index contributed by atoms with van der Waals surface area (Å²) in [5.41, 5.74) is 8.22. The van der Waals surface area contributed by atoms with E-state index in [0.717, 1.165) is 73.3 Å². The molecule has 0 unspecified atom stereocenters. The first kappa shape index (κ1) is 38.9. The van der Waals surface area contributed by atoms with Crippen molar-refractivity contribution in [2.75, 3.05) is 56.2 Å². The highest BCUT2D eigenvalue weighted by molar-refractivity contribution is 7.87. The summed E-state index contributed by atoms with van der Waals surface area (Å²) in [4.78, 5) is 17.8. The minimum Gasteiger partial charge on any atom is -0.493 e. The molecule has 8 rings (SSSR count). The van der Waals surface area contributed by atoms with Crippen LogP contribution in [0.15, 0.2) is 84.9 Å². The number of nitrogens with one attached hydrogen (secondary N) is 1. The van der Waals surface area contributed by atoms with Gasteiger partial charge in [-0.3, -0.25) is 4.68 Å². The van der Waals surface area contributed by atoms with Gasteiger partial charge >= 0.3 is 5.97 Å². The zero-order chi connectivity index (χ0) is 38.3. The molecule has 0 spiro atoms. The van der Waals surface area contributed by atoms with Crippen molar-refractivity contribution in [2.45, 2.75) is 46.7 Å². The molecule has 2 N–H and O–H groups in total. The van der Waals surface area contributed by atoms with Crippen molar-refractivity contribution in [2.24, 2.45) is 7.05 Å². The minimum absolute atomic E-state index is 0. The maximum Gasteiger partial charge on any atom is 0.352 e. The Morgan fingerprint density at radius 1 is 0.857 bits per heavy atom. The first-order valence-corrected chi connectivity index (χ1v) is 20.4. The van der Waals surface area contributed by atoms with E-state index in [0.29, 0.717) is 71.0 Å². The van der Waals surface area contributed by atoms with E-state index in [2.05, 4.69) is 69.1 Å². The molecule has 4 heterocycles. The monoisotopic (exact) mass is 777 g/mol. The van der Waals surface area contributed by atoms with E-state index in [-0.39, 0.29) is 7.43 Å². The number of aromatic nitrogens is 3. The number of aryl methyl sites for hydroxylation is 4. The van der Waals surface area contributed by atoms with Crippen molar-refractivity contribution >= 4 is 49.2 Å². The van der Waals surface area contributed by atoms with Crippen LogP contribution in [0.4, 0.5) is 11.4 Å². The van der Waals surface area contributed by atoms with E-state index in [4.69, 9.17) is 9.84 Å². The average Bonchev–Trinajstić information content (AvgIpc) is 3.67. The zero-order valence-corrected chi connectivity index (χ0v) is 32.3. The number of aromatic carboxylic acids is 1. The van der Waals surface area contributed by atoms with Crippen LogP contribution in [0.5, 0.6) is 5.75 Å². The summed E-state index contributed by atoms with van der Waals surface area (Å²) in [6.07, 6.45) is 1.97. The second kappa shape index (κ2) is 16.0. The lowest BCUT2D eigenvalue weighted by Gasteiger charge is -2.35. The van der Waals surface area contributed by atoms with E-state index in [9.17, 15) is 18.3 Å². The molecule has 0 bridgehead atoms. The number of para-hydroxylation sites is 1. The highest BCUT2D eigenvalue weighted by atomic mass is 32.2. The number of hydrogen-bond acceptors (Lipinski definition) is 7. The van der Waals surface area contributed by atoms with Gasteiger partial charge in [0.05, 0.1) is 30.1 Å². The van der Waals surface area contributed by atoms with Gasteiger partial charge in [-0.25, -0.2) is 9.52 Å². The smallest absolute Gasteiger partial charge is 0.352 e. The molecule has 0 saturated carbocycles. The molecule has 56 heavy (non-hydrogen) atoms. The SMILES string of the molecule is C.CNS(=O)(=O)N1CCN(c2ccc(N3CCCn4c(C(=O)O)c(CCCOc5cccc6ccccc56)c5cccc(c54)-c4c(C)nn(C)c4C3)cc2)CC1. The first-order chi connectivity index (χ1) is 26.6. The molecule has 12 nitrogen and oxygen atoms in total. The predicted molar refractivity (Wildman–Crippen MR) is 224 cm³/mol. The third-order valence-corrected chi connectivity index (χ3v) is 12.7. The van der Waals surface area contributed by atoms with Crippen LogP contribution in [0.25, 0.3) is 32.8 Å². The largest absolute Gasteiger partial charge is 0.493 e. The molecule has 0 aliphatic carbocycles. The Bertz CT molecular complexity index is 2480. The number of carboxylic acids is 1. The van der Waals surface area contributed by atoms with Gasteiger partial charge in [-0.2, -0.15) is 17.8 Å². The molecule has 0 atom stereocenters. The Hall–Kier alpha value is -5.37. The number of piperazine rings is 1. The fourth-order valence-corrected chi connectivity index (χ4v) is 9.39. The Kier molecular flexibility index (Phi) is 11.1. The van der Waals surface area contributed by atoms with Crippen molar-refractivity contribution < 1.29 is 23.1 Å². The van der Waals surface area contributed by atoms with Crippen LogP contribution in [-0.4, -0.2) is 84.5 Å². The number of anilines is 2. The second-order valence-electron chi connectivity index (χ2n) is 14.3. The zero-order valence-electron chi connectivity index (χ0n) is 31.5. The van der Waals surface area contributed by atoms with Crippen LogP contribution >= 0.6 is 0 Å². The summed E-state index contributed by atoms with van der Waals surface area (Å²) in [7, 11) is -0.0177. The Labute approximate surface area is 329 Å². The van der Waals surface area contributed by atoms with Crippen molar-refractivity contribution in [1.29, 1.82) is 0 Å². The van der Waals surface area contributed by atoms with Crippen molar-refractivity contribution in [3.05, 3.63) is 108 Å². The molecule has 6 aromatic rings. The predicted octanol–water partition coefficient (Wildman–Crippen LogP) is 6.85. The van der Waals surface area contributed by atoms with Gasteiger partial charge in [0.15, 0.2) is 0 Å². The Morgan fingerprint density at radius 2 is 1.54 bits per heavy atom. The van der Waals surface area contributed by atoms with E-state index in [1.165, 1.54) is 11.4 Å². The lowest BCUT2D eigenvalue weighted by atomic mass is 9.97. The van der Waals surface area contributed by atoms with Gasteiger partial charge in [0.25, 0.3) is 10.2 Å². The van der Waals surface area contributed by atoms with Crippen molar-refractivity contribution in [1.82, 2.24) is 23.4 Å². The quantitative estimate of drug-likeness (QED) is 0.145. The Balaban J connectivity index is 0.00000480. The molecule has 294 valence electrons. The van der Waals surface area contributed by atoms with Crippen molar-refractivity contribution in [3.8, 4) is 16.9 Å². The van der Waals surface area contributed by atoms with Crippen LogP contribution < -0.4 is 19.3 Å². The lowest BCUT2D eigenvalue weighted by molar-refractivity contribution is 0.0684. The van der Waals surface area contributed by atoms with Crippen LogP contribution in [0.2, 0.25) is 0 Å². The minimum atomic E-state index is -3.44. The van der Waals surface area contributed by atoms with E-state index >= 15 is 0 Å². The molecule has 0 amide bonds. The molecule has 0 radical (unpaired) electrons. The number of nitrogens with zero attached hydrogens (tertiary/aromatic N) is 6. The molecule has 1 saturated heterocycles. The highest BCUT2D eigenvalue weighted by Crippen LogP contribution is 2.40. The number of carbonyl (C=O) groups is 1. The summed E-state index contributed by atoms with van der Waals surface area (Å²) in [6, 6.07) is 28.9. The van der Waals surface area contributed by atoms with Gasteiger partial charge in [-0.15, -0.1) is 0 Å². The summed E-state index contributed by atoms with van der Waals surface area (Å²) < 4.78 is 38.7.